The molecule has 1 aromatic carbocycles. The fraction of sp³-hybridized carbons (Fsp3) is 0.450. The van der Waals surface area contributed by atoms with Gasteiger partial charge in [0, 0.05) is 6.42 Å². The Hall–Kier alpha value is -2.23. The summed E-state index contributed by atoms with van der Waals surface area (Å²) in [7, 11) is 0. The summed E-state index contributed by atoms with van der Waals surface area (Å²) < 4.78 is 10.9. The number of carbonyl (C=O) groups is 1. The van der Waals surface area contributed by atoms with Gasteiger partial charge in [0.15, 0.2) is 0 Å². The average Bonchev–Trinajstić information content (AvgIpc) is 3.11. The molecule has 0 aliphatic carbocycles. The van der Waals surface area contributed by atoms with Crippen LogP contribution >= 0.6 is 0 Å². The summed E-state index contributed by atoms with van der Waals surface area (Å²) in [5.41, 5.74) is 1.50. The Kier molecular flexibility index (Phi) is 6.47. The van der Waals surface area contributed by atoms with Crippen LogP contribution in [0.3, 0.4) is 0 Å². The number of rotatable bonds is 9. The highest BCUT2D eigenvalue weighted by Gasteiger charge is 2.17. The molecule has 0 unspecified atom stereocenters. The van der Waals surface area contributed by atoms with Crippen LogP contribution in [0.4, 0.5) is 0 Å². The van der Waals surface area contributed by atoms with Gasteiger partial charge in [-0.3, -0.25) is 4.79 Å². The summed E-state index contributed by atoms with van der Waals surface area (Å²) in [4.78, 5) is 11.7. The van der Waals surface area contributed by atoms with Crippen LogP contribution in [0.5, 0.6) is 5.75 Å². The summed E-state index contributed by atoms with van der Waals surface area (Å²) in [6.07, 6.45) is 3.83. The molecule has 0 aliphatic heterocycles. The van der Waals surface area contributed by atoms with Gasteiger partial charge in [-0.2, -0.15) is 0 Å². The second-order valence-corrected chi connectivity index (χ2v) is 6.57. The molecule has 0 radical (unpaired) electrons. The molecule has 1 amide bonds. The first-order chi connectivity index (χ1) is 11.5. The Bertz CT molecular complexity index is 615. The topological polar surface area (TPSA) is 51.5 Å². The molecule has 1 N–H and O–H groups in total. The van der Waals surface area contributed by atoms with E-state index in [-0.39, 0.29) is 11.3 Å². The number of amides is 1. The molecule has 0 saturated heterocycles. The number of ether oxygens (including phenoxy) is 1. The van der Waals surface area contributed by atoms with Crippen LogP contribution in [0.25, 0.3) is 0 Å². The molecule has 0 saturated carbocycles. The van der Waals surface area contributed by atoms with Gasteiger partial charge in [0.2, 0.25) is 5.91 Å². The number of hydrogen-bond acceptors (Lipinski definition) is 3. The number of benzene rings is 1. The lowest BCUT2D eigenvalue weighted by molar-refractivity contribution is -0.121. The third kappa shape index (κ3) is 5.44. The van der Waals surface area contributed by atoms with E-state index in [1.807, 2.05) is 24.3 Å². The van der Waals surface area contributed by atoms with Crippen LogP contribution in [-0.4, -0.2) is 12.5 Å². The fourth-order valence-corrected chi connectivity index (χ4v) is 2.32. The third-order valence-corrected chi connectivity index (χ3v) is 4.38. The normalized spacial score (nSPS) is 11.3. The van der Waals surface area contributed by atoms with E-state index in [9.17, 15) is 4.79 Å². The lowest BCUT2D eigenvalue weighted by atomic mass is 9.82. The average molecular weight is 329 g/mol. The Morgan fingerprint density at radius 3 is 2.58 bits per heavy atom. The minimum Gasteiger partial charge on any atom is -0.494 e. The summed E-state index contributed by atoms with van der Waals surface area (Å²) in [5, 5.41) is 2.83. The van der Waals surface area contributed by atoms with Gasteiger partial charge < -0.3 is 14.5 Å². The summed E-state index contributed by atoms with van der Waals surface area (Å²) in [6, 6.07) is 11.9. The highest BCUT2D eigenvalue weighted by atomic mass is 16.5. The molecule has 0 aliphatic rings. The second-order valence-electron chi connectivity index (χ2n) is 6.57. The van der Waals surface area contributed by atoms with E-state index >= 15 is 0 Å². The van der Waals surface area contributed by atoms with E-state index in [1.165, 1.54) is 5.56 Å². The predicted octanol–water partition coefficient (Wildman–Crippen LogP) is 4.44. The van der Waals surface area contributed by atoms with Crippen molar-refractivity contribution in [2.24, 2.45) is 0 Å². The van der Waals surface area contributed by atoms with E-state index in [1.54, 1.807) is 6.26 Å². The quantitative estimate of drug-likeness (QED) is 0.692. The monoisotopic (exact) mass is 329 g/mol. The van der Waals surface area contributed by atoms with Crippen molar-refractivity contribution in [1.29, 1.82) is 0 Å². The van der Waals surface area contributed by atoms with Crippen LogP contribution in [0.15, 0.2) is 47.1 Å². The van der Waals surface area contributed by atoms with E-state index in [0.29, 0.717) is 26.0 Å². The number of furan rings is 1. The van der Waals surface area contributed by atoms with Crippen molar-refractivity contribution in [2.45, 2.75) is 52.0 Å². The smallest absolute Gasteiger partial charge is 0.220 e. The summed E-state index contributed by atoms with van der Waals surface area (Å²) in [6.45, 7) is 7.64. The molecule has 0 bridgehead atoms. The molecule has 0 fully saturated rings. The standard InChI is InChI=1S/C20H27NO3/c1-4-20(2,3)16-9-11-17(12-10-16)23-14-6-8-19(22)21-15-18-7-5-13-24-18/h5,7,9-13H,4,6,8,14-15H2,1-3H3,(H,21,22). The maximum absolute atomic E-state index is 11.7. The van der Waals surface area contributed by atoms with Crippen LogP contribution in [0, 0.1) is 0 Å². The lowest BCUT2D eigenvalue weighted by Crippen LogP contribution is -2.22. The summed E-state index contributed by atoms with van der Waals surface area (Å²) >= 11 is 0. The highest BCUT2D eigenvalue weighted by Crippen LogP contribution is 2.28. The number of carbonyl (C=O) groups excluding carboxylic acids is 1. The van der Waals surface area contributed by atoms with Crippen molar-refractivity contribution >= 4 is 5.91 Å². The maximum atomic E-state index is 11.7. The van der Waals surface area contributed by atoms with Crippen molar-refractivity contribution in [3.8, 4) is 5.75 Å². The fourth-order valence-electron chi connectivity index (χ4n) is 2.32. The molecule has 0 spiro atoms. The predicted molar refractivity (Wildman–Crippen MR) is 95.0 cm³/mol. The van der Waals surface area contributed by atoms with E-state index in [4.69, 9.17) is 9.15 Å². The molecular formula is C20H27NO3. The van der Waals surface area contributed by atoms with E-state index in [0.717, 1.165) is 17.9 Å². The molecule has 24 heavy (non-hydrogen) atoms. The molecule has 2 rings (SSSR count). The van der Waals surface area contributed by atoms with Crippen LogP contribution in [0.1, 0.15) is 51.4 Å². The SMILES string of the molecule is CCC(C)(C)c1ccc(OCCCC(=O)NCc2ccco2)cc1. The van der Waals surface area contributed by atoms with Gasteiger partial charge in [-0.25, -0.2) is 0 Å². The van der Waals surface area contributed by atoms with Crippen molar-refractivity contribution in [1.82, 2.24) is 5.32 Å². The zero-order valence-electron chi connectivity index (χ0n) is 14.8. The van der Waals surface area contributed by atoms with Gasteiger partial charge in [-0.1, -0.05) is 32.9 Å². The number of hydrogen-bond donors (Lipinski definition) is 1. The van der Waals surface area contributed by atoms with Gasteiger partial charge in [0.25, 0.3) is 0 Å². The van der Waals surface area contributed by atoms with Gasteiger partial charge >= 0.3 is 0 Å². The minimum absolute atomic E-state index is 0.00930. The first kappa shape index (κ1) is 18.1. The highest BCUT2D eigenvalue weighted by molar-refractivity contribution is 5.75. The van der Waals surface area contributed by atoms with Crippen LogP contribution < -0.4 is 10.1 Å². The van der Waals surface area contributed by atoms with Crippen molar-refractivity contribution < 1.29 is 13.9 Å². The molecule has 4 heteroatoms. The molecule has 130 valence electrons. The molecule has 4 nitrogen and oxygen atoms in total. The summed E-state index contributed by atoms with van der Waals surface area (Å²) in [5.74, 6) is 1.62. The molecule has 1 aromatic heterocycles. The van der Waals surface area contributed by atoms with Gasteiger partial charge in [-0.05, 0) is 48.1 Å². The Morgan fingerprint density at radius 2 is 1.96 bits per heavy atom. The van der Waals surface area contributed by atoms with E-state index in [2.05, 4.69) is 38.2 Å². The Balaban J connectivity index is 1.66. The van der Waals surface area contributed by atoms with E-state index < -0.39 is 0 Å². The second kappa shape index (κ2) is 8.57. The van der Waals surface area contributed by atoms with Gasteiger partial charge in [0.05, 0.1) is 19.4 Å². The Morgan fingerprint density at radius 1 is 1.21 bits per heavy atom. The van der Waals surface area contributed by atoms with Gasteiger partial charge in [0.1, 0.15) is 11.5 Å². The Labute approximate surface area is 144 Å². The zero-order valence-corrected chi connectivity index (χ0v) is 14.8. The molecule has 2 aromatic rings. The zero-order chi connectivity index (χ0) is 17.4. The van der Waals surface area contributed by atoms with Crippen LogP contribution in [0.2, 0.25) is 0 Å². The molecule has 1 heterocycles. The van der Waals surface area contributed by atoms with Crippen LogP contribution in [-0.2, 0) is 16.8 Å². The first-order valence-corrected chi connectivity index (χ1v) is 8.53. The number of nitrogens with one attached hydrogen (secondary N) is 1. The maximum Gasteiger partial charge on any atom is 0.220 e. The van der Waals surface area contributed by atoms with Crippen molar-refractivity contribution in [2.75, 3.05) is 6.61 Å². The largest absolute Gasteiger partial charge is 0.494 e. The molecular weight excluding hydrogens is 302 g/mol. The first-order valence-electron chi connectivity index (χ1n) is 8.53. The molecule has 0 atom stereocenters. The van der Waals surface area contributed by atoms with Crippen molar-refractivity contribution in [3.05, 3.63) is 54.0 Å². The van der Waals surface area contributed by atoms with Crippen molar-refractivity contribution in [3.63, 3.8) is 0 Å². The third-order valence-electron chi connectivity index (χ3n) is 4.38. The lowest BCUT2D eigenvalue weighted by Gasteiger charge is -2.23. The van der Waals surface area contributed by atoms with Gasteiger partial charge in [-0.15, -0.1) is 0 Å². The minimum atomic E-state index is 0.00930.